The number of carbonyl (C=O) groups excluding carboxylic acids is 2. The zero-order chi connectivity index (χ0) is 25.8. The number of aromatic amines is 1. The highest BCUT2D eigenvalue weighted by Crippen LogP contribution is 2.26. The fourth-order valence-corrected chi connectivity index (χ4v) is 5.53. The van der Waals surface area contributed by atoms with E-state index in [1.54, 1.807) is 11.3 Å². The molecule has 1 aliphatic heterocycles. The van der Waals surface area contributed by atoms with E-state index in [1.807, 2.05) is 42.6 Å². The van der Waals surface area contributed by atoms with Crippen LogP contribution in [0.25, 0.3) is 23.1 Å². The summed E-state index contributed by atoms with van der Waals surface area (Å²) < 4.78 is 0. The number of amides is 2. The number of rotatable bonds is 8. The average molecular weight is 514 g/mol. The average Bonchev–Trinajstić information content (AvgIpc) is 3.53. The summed E-state index contributed by atoms with van der Waals surface area (Å²) >= 11 is 1.58. The first-order valence-electron chi connectivity index (χ1n) is 12.5. The Balaban J connectivity index is 1.27. The Bertz CT molecular complexity index is 1430. The quantitative estimate of drug-likeness (QED) is 0.309. The highest BCUT2D eigenvalue weighted by atomic mass is 32.1. The number of primary amides is 1. The monoisotopic (exact) mass is 513 g/mol. The molecule has 0 bridgehead atoms. The largest absolute Gasteiger partial charge is 0.369 e. The lowest BCUT2D eigenvalue weighted by Gasteiger charge is -2.30. The van der Waals surface area contributed by atoms with Crippen LogP contribution in [0.3, 0.4) is 0 Å². The maximum atomic E-state index is 12.6. The second kappa shape index (κ2) is 11.1. The minimum atomic E-state index is -0.180. The van der Waals surface area contributed by atoms with Gasteiger partial charge in [-0.05, 0) is 79.2 Å². The van der Waals surface area contributed by atoms with Crippen LogP contribution in [0.2, 0.25) is 0 Å². The first kappa shape index (κ1) is 24.9. The molecule has 1 saturated heterocycles. The number of H-pyrrole nitrogens is 1. The highest BCUT2D eigenvalue weighted by Gasteiger charge is 2.23. The number of nitrogens with two attached hydrogens (primary N) is 1. The molecule has 0 unspecified atom stereocenters. The Hall–Kier alpha value is -3.75. The summed E-state index contributed by atoms with van der Waals surface area (Å²) in [7, 11) is 0. The smallest absolute Gasteiger partial charge is 0.229 e. The number of piperidine rings is 1. The second-order valence-electron chi connectivity index (χ2n) is 9.66. The molecule has 1 fully saturated rings. The lowest BCUT2D eigenvalue weighted by Crippen LogP contribution is -2.38. The second-order valence-corrected chi connectivity index (χ2v) is 10.7. The maximum absolute atomic E-state index is 12.6. The van der Waals surface area contributed by atoms with Crippen LogP contribution >= 0.6 is 11.3 Å². The van der Waals surface area contributed by atoms with Crippen molar-refractivity contribution in [3.8, 4) is 0 Å². The van der Waals surface area contributed by atoms with E-state index < -0.39 is 0 Å². The van der Waals surface area contributed by atoms with Crippen molar-refractivity contribution < 1.29 is 9.59 Å². The number of thiophene rings is 1. The molecule has 37 heavy (non-hydrogen) atoms. The van der Waals surface area contributed by atoms with Gasteiger partial charge in [-0.3, -0.25) is 19.6 Å². The number of nitrogens with one attached hydrogen (secondary N) is 2. The number of aromatic nitrogens is 2. The van der Waals surface area contributed by atoms with E-state index in [0.717, 1.165) is 70.8 Å². The molecule has 4 N–H and O–H groups in total. The van der Waals surface area contributed by atoms with Crippen LogP contribution in [0.1, 0.15) is 40.1 Å². The van der Waals surface area contributed by atoms with Crippen LogP contribution < -0.4 is 11.1 Å². The van der Waals surface area contributed by atoms with Crippen molar-refractivity contribution in [2.45, 2.75) is 32.7 Å². The zero-order valence-electron chi connectivity index (χ0n) is 20.9. The molecule has 0 aliphatic carbocycles. The molecule has 7 nitrogen and oxygen atoms in total. The van der Waals surface area contributed by atoms with Gasteiger partial charge in [-0.2, -0.15) is 5.10 Å². The fourth-order valence-electron chi connectivity index (χ4n) is 4.82. The number of likely N-dealkylation sites (tertiary alicyclic amines) is 1. The summed E-state index contributed by atoms with van der Waals surface area (Å²) in [5, 5.41) is 13.6. The molecule has 2 aromatic carbocycles. The Labute approximate surface area is 220 Å². The molecule has 3 heterocycles. The van der Waals surface area contributed by atoms with Gasteiger partial charge >= 0.3 is 0 Å². The Morgan fingerprint density at radius 3 is 2.76 bits per heavy atom. The van der Waals surface area contributed by atoms with Gasteiger partial charge in [0.2, 0.25) is 11.8 Å². The number of anilines is 1. The molecule has 0 saturated carbocycles. The Morgan fingerprint density at radius 1 is 1.16 bits per heavy atom. The lowest BCUT2D eigenvalue weighted by atomic mass is 9.96. The molecule has 8 heteroatoms. The predicted molar refractivity (Wildman–Crippen MR) is 150 cm³/mol. The van der Waals surface area contributed by atoms with Gasteiger partial charge in [0.05, 0.1) is 17.6 Å². The van der Waals surface area contributed by atoms with Crippen molar-refractivity contribution in [1.29, 1.82) is 0 Å². The summed E-state index contributed by atoms with van der Waals surface area (Å²) in [6.07, 6.45) is 6.09. The molecule has 1 aliphatic rings. The van der Waals surface area contributed by atoms with Crippen molar-refractivity contribution in [1.82, 2.24) is 15.1 Å². The van der Waals surface area contributed by atoms with Gasteiger partial charge in [0.1, 0.15) is 0 Å². The van der Waals surface area contributed by atoms with Crippen LogP contribution in [-0.2, 0) is 22.6 Å². The topological polar surface area (TPSA) is 104 Å². The summed E-state index contributed by atoms with van der Waals surface area (Å²) in [4.78, 5) is 27.4. The number of nitrogens with zero attached hydrogens (tertiary/aromatic N) is 2. The summed E-state index contributed by atoms with van der Waals surface area (Å²) in [5.74, 6) is -0.199. The van der Waals surface area contributed by atoms with Crippen LogP contribution in [0, 0.1) is 12.8 Å². The normalized spacial score (nSPS) is 14.9. The van der Waals surface area contributed by atoms with Gasteiger partial charge in [0, 0.05) is 28.4 Å². The first-order valence-corrected chi connectivity index (χ1v) is 13.4. The Kier molecular flexibility index (Phi) is 7.48. The van der Waals surface area contributed by atoms with Gasteiger partial charge in [-0.15, -0.1) is 11.3 Å². The van der Waals surface area contributed by atoms with E-state index in [4.69, 9.17) is 5.73 Å². The lowest BCUT2D eigenvalue weighted by molar-refractivity contribution is -0.123. The molecular weight excluding hydrogens is 482 g/mol. The number of hydrogen-bond donors (Lipinski definition) is 3. The van der Waals surface area contributed by atoms with E-state index in [1.165, 1.54) is 5.56 Å². The first-order chi connectivity index (χ1) is 17.9. The third kappa shape index (κ3) is 6.15. The molecule has 0 atom stereocenters. The maximum Gasteiger partial charge on any atom is 0.229 e. The molecule has 0 spiro atoms. The van der Waals surface area contributed by atoms with Crippen LogP contribution in [0.4, 0.5) is 5.69 Å². The minimum Gasteiger partial charge on any atom is -0.369 e. The SMILES string of the molecule is Cc1cc2[nH]nc(C=Cc3cccc(CN4CCC(C(N)=O)CC4)c3)c2cc1NC(=O)Cc1cccs1. The number of carbonyl (C=O) groups is 2. The minimum absolute atomic E-state index is 0.00723. The van der Waals surface area contributed by atoms with E-state index in [-0.39, 0.29) is 17.7 Å². The number of aryl methyl sites for hydroxylation is 1. The predicted octanol–water partition coefficient (Wildman–Crippen LogP) is 4.98. The van der Waals surface area contributed by atoms with E-state index >= 15 is 0 Å². The van der Waals surface area contributed by atoms with Crippen molar-refractivity contribution in [3.05, 3.63) is 81.2 Å². The van der Waals surface area contributed by atoms with Gasteiger partial charge < -0.3 is 11.1 Å². The molecule has 0 radical (unpaired) electrons. The fraction of sp³-hybridized carbons (Fsp3) is 0.276. The molecule has 2 aromatic heterocycles. The van der Waals surface area contributed by atoms with Crippen molar-refractivity contribution >= 4 is 51.9 Å². The molecule has 5 rings (SSSR count). The van der Waals surface area contributed by atoms with Gasteiger partial charge in [0.15, 0.2) is 0 Å². The standard InChI is InChI=1S/C29H31N5O2S/c1-19-14-27-24(17-26(19)31-28(35)16-23-6-3-13-37-23)25(32-33-27)8-7-20-4-2-5-21(15-20)18-34-11-9-22(10-12-34)29(30)36/h2-8,13-15,17,22H,9-12,16,18H2,1H3,(H2,30,36)(H,31,35)(H,32,33). The molecule has 190 valence electrons. The summed E-state index contributed by atoms with van der Waals surface area (Å²) in [5.41, 5.74) is 11.3. The van der Waals surface area contributed by atoms with Crippen LogP contribution in [-0.4, -0.2) is 40.0 Å². The van der Waals surface area contributed by atoms with Crippen molar-refractivity contribution in [2.24, 2.45) is 11.7 Å². The Morgan fingerprint density at radius 2 is 2.00 bits per heavy atom. The zero-order valence-corrected chi connectivity index (χ0v) is 21.7. The van der Waals surface area contributed by atoms with E-state index in [2.05, 4.69) is 50.8 Å². The molecule has 2 amide bonds. The third-order valence-corrected chi connectivity index (χ3v) is 7.78. The van der Waals surface area contributed by atoms with Crippen LogP contribution in [0.15, 0.2) is 53.9 Å². The van der Waals surface area contributed by atoms with Crippen molar-refractivity contribution in [2.75, 3.05) is 18.4 Å². The van der Waals surface area contributed by atoms with Crippen molar-refractivity contribution in [3.63, 3.8) is 0 Å². The third-order valence-electron chi connectivity index (χ3n) is 6.91. The number of fused-ring (bicyclic) bond motifs is 1. The van der Waals surface area contributed by atoms with Gasteiger partial charge in [-0.1, -0.05) is 36.4 Å². The van der Waals surface area contributed by atoms with Gasteiger partial charge in [0.25, 0.3) is 0 Å². The summed E-state index contributed by atoms with van der Waals surface area (Å²) in [6, 6.07) is 16.4. The molecule has 4 aromatic rings. The van der Waals surface area contributed by atoms with Gasteiger partial charge in [-0.25, -0.2) is 0 Å². The number of benzene rings is 2. The molecular formula is C29H31N5O2S. The van der Waals surface area contributed by atoms with E-state index in [0.29, 0.717) is 6.42 Å². The van der Waals surface area contributed by atoms with E-state index in [9.17, 15) is 9.59 Å². The van der Waals surface area contributed by atoms with Crippen LogP contribution in [0.5, 0.6) is 0 Å². The highest BCUT2D eigenvalue weighted by molar-refractivity contribution is 7.10. The number of hydrogen-bond acceptors (Lipinski definition) is 5. The summed E-state index contributed by atoms with van der Waals surface area (Å²) in [6.45, 7) is 4.61.